The van der Waals surface area contributed by atoms with Crippen molar-refractivity contribution in [3.63, 3.8) is 0 Å². The number of anilines is 1. The van der Waals surface area contributed by atoms with Crippen molar-refractivity contribution in [3.8, 4) is 6.07 Å². The first-order valence-corrected chi connectivity index (χ1v) is 11.4. The molecule has 2 aromatic rings. The standard InChI is InChI=1S/C23H26N2O2S/c1-18-10-12-20(13-11-18)28(26,27)23(17-24)16-19-8-4-5-9-21(19)25(2)22(23)14-6-3-7-15-22/h4-5,8-13H,3,6-7,14-16H2,1-2H3/t23-/m1/s1. The molecule has 2 aromatic carbocycles. The smallest absolute Gasteiger partial charge is 0.200 e. The molecule has 1 fully saturated rings. The van der Waals surface area contributed by atoms with Crippen molar-refractivity contribution in [1.82, 2.24) is 0 Å². The van der Waals surface area contributed by atoms with E-state index in [2.05, 4.69) is 11.0 Å². The summed E-state index contributed by atoms with van der Waals surface area (Å²) in [6, 6.07) is 17.2. The number of benzene rings is 2. The molecule has 4 rings (SSSR count). The first-order chi connectivity index (χ1) is 13.4. The summed E-state index contributed by atoms with van der Waals surface area (Å²) in [7, 11) is -1.90. The molecule has 0 aromatic heterocycles. The Labute approximate surface area is 167 Å². The molecule has 146 valence electrons. The summed E-state index contributed by atoms with van der Waals surface area (Å²) < 4.78 is 26.6. The van der Waals surface area contributed by atoms with Crippen LogP contribution in [0.4, 0.5) is 5.69 Å². The van der Waals surface area contributed by atoms with Gasteiger partial charge in [0.1, 0.15) is 0 Å². The van der Waals surface area contributed by atoms with Gasteiger partial charge in [-0.05, 0) is 43.5 Å². The summed E-state index contributed by atoms with van der Waals surface area (Å²) in [6.07, 6.45) is 4.65. The van der Waals surface area contributed by atoms with Crippen LogP contribution in [-0.2, 0) is 16.3 Å². The van der Waals surface area contributed by atoms with E-state index in [-0.39, 0.29) is 11.3 Å². The van der Waals surface area contributed by atoms with Gasteiger partial charge in [0.2, 0.25) is 0 Å². The lowest BCUT2D eigenvalue weighted by Crippen LogP contribution is -2.70. The van der Waals surface area contributed by atoms with Crippen molar-refractivity contribution >= 4 is 15.5 Å². The molecule has 1 aliphatic heterocycles. The molecule has 0 saturated heterocycles. The molecule has 5 heteroatoms. The molecule has 2 aliphatic rings. The van der Waals surface area contributed by atoms with Crippen molar-refractivity contribution in [1.29, 1.82) is 5.26 Å². The molecule has 0 bridgehead atoms. The van der Waals surface area contributed by atoms with Crippen LogP contribution in [0.1, 0.15) is 43.2 Å². The molecule has 0 unspecified atom stereocenters. The van der Waals surface area contributed by atoms with Crippen molar-refractivity contribution in [2.45, 2.75) is 60.6 Å². The van der Waals surface area contributed by atoms with Crippen LogP contribution in [0.5, 0.6) is 0 Å². The van der Waals surface area contributed by atoms with Gasteiger partial charge in [0.05, 0.1) is 16.5 Å². The third-order valence-corrected chi connectivity index (χ3v) is 9.26. The Morgan fingerprint density at radius 2 is 1.64 bits per heavy atom. The molecule has 1 atom stereocenters. The van der Waals surface area contributed by atoms with Crippen LogP contribution in [0.25, 0.3) is 0 Å². The molecular formula is C23H26N2O2S. The zero-order valence-electron chi connectivity index (χ0n) is 16.5. The lowest BCUT2D eigenvalue weighted by molar-refractivity contribution is 0.226. The highest BCUT2D eigenvalue weighted by Crippen LogP contribution is 2.53. The van der Waals surface area contributed by atoms with Gasteiger partial charge in [0.15, 0.2) is 14.6 Å². The Bertz CT molecular complexity index is 1030. The van der Waals surface area contributed by atoms with Crippen LogP contribution in [0, 0.1) is 18.3 Å². The second kappa shape index (κ2) is 6.63. The van der Waals surface area contributed by atoms with Crippen molar-refractivity contribution in [2.24, 2.45) is 0 Å². The molecule has 0 N–H and O–H groups in total. The molecular weight excluding hydrogens is 368 g/mol. The minimum Gasteiger partial charge on any atom is -0.366 e. The molecule has 0 radical (unpaired) electrons. The number of sulfone groups is 1. The summed E-state index contributed by atoms with van der Waals surface area (Å²) in [4.78, 5) is 2.36. The van der Waals surface area contributed by atoms with Crippen molar-refractivity contribution < 1.29 is 8.42 Å². The van der Waals surface area contributed by atoms with Gasteiger partial charge in [-0.1, -0.05) is 55.2 Å². The molecule has 4 nitrogen and oxygen atoms in total. The Morgan fingerprint density at radius 3 is 2.29 bits per heavy atom. The second-order valence-electron chi connectivity index (χ2n) is 8.21. The van der Waals surface area contributed by atoms with Gasteiger partial charge >= 0.3 is 0 Å². The number of nitriles is 1. The largest absolute Gasteiger partial charge is 0.366 e. The van der Waals surface area contributed by atoms with E-state index in [1.807, 2.05) is 50.4 Å². The van der Waals surface area contributed by atoms with Crippen LogP contribution in [0.15, 0.2) is 53.4 Å². The maximum atomic E-state index is 14.0. The summed E-state index contributed by atoms with van der Waals surface area (Å²) in [5.41, 5.74) is 2.27. The van der Waals surface area contributed by atoms with Gasteiger partial charge in [-0.2, -0.15) is 5.26 Å². The predicted molar refractivity (Wildman–Crippen MR) is 111 cm³/mol. The fourth-order valence-corrected chi connectivity index (χ4v) is 7.47. The SMILES string of the molecule is Cc1ccc(S(=O)(=O)[C@@]2(C#N)Cc3ccccc3N(C)C23CCCCC3)cc1. The van der Waals surface area contributed by atoms with E-state index in [0.717, 1.165) is 48.9 Å². The first kappa shape index (κ1) is 19.0. The highest BCUT2D eigenvalue weighted by Gasteiger charge is 2.65. The molecule has 1 heterocycles. The zero-order valence-corrected chi connectivity index (χ0v) is 17.3. The topological polar surface area (TPSA) is 61.2 Å². The third-order valence-electron chi connectivity index (χ3n) is 6.84. The first-order valence-electron chi connectivity index (χ1n) is 9.92. The molecule has 1 saturated carbocycles. The average Bonchev–Trinajstić information content (AvgIpc) is 2.72. The monoisotopic (exact) mass is 394 g/mol. The van der Waals surface area contributed by atoms with Crippen LogP contribution >= 0.6 is 0 Å². The fourth-order valence-electron chi connectivity index (χ4n) is 5.27. The number of fused-ring (bicyclic) bond motifs is 1. The van der Waals surface area contributed by atoms with Crippen LogP contribution in [0.2, 0.25) is 0 Å². The van der Waals surface area contributed by atoms with Gasteiger partial charge in [-0.25, -0.2) is 8.42 Å². The van der Waals surface area contributed by atoms with Crippen molar-refractivity contribution in [2.75, 3.05) is 11.9 Å². The van der Waals surface area contributed by atoms with Crippen LogP contribution in [-0.4, -0.2) is 25.8 Å². The highest BCUT2D eigenvalue weighted by atomic mass is 32.2. The van der Waals surface area contributed by atoms with Gasteiger partial charge in [0, 0.05) is 19.2 Å². The van der Waals surface area contributed by atoms with Gasteiger partial charge < -0.3 is 4.90 Å². The highest BCUT2D eigenvalue weighted by molar-refractivity contribution is 7.93. The molecule has 28 heavy (non-hydrogen) atoms. The second-order valence-corrected chi connectivity index (χ2v) is 10.4. The minimum atomic E-state index is -3.88. The van der Waals surface area contributed by atoms with Gasteiger partial charge in [0.25, 0.3) is 0 Å². The van der Waals surface area contributed by atoms with E-state index in [1.165, 1.54) is 0 Å². The summed E-state index contributed by atoms with van der Waals surface area (Å²) >= 11 is 0. The molecule has 0 amide bonds. The van der Waals surface area contributed by atoms with Crippen LogP contribution in [0.3, 0.4) is 0 Å². The van der Waals surface area contributed by atoms with E-state index in [9.17, 15) is 13.7 Å². The lowest BCUT2D eigenvalue weighted by atomic mass is 9.67. The number of hydrogen-bond acceptors (Lipinski definition) is 4. The van der Waals surface area contributed by atoms with Crippen molar-refractivity contribution in [3.05, 3.63) is 59.7 Å². The summed E-state index contributed by atoms with van der Waals surface area (Å²) in [5, 5.41) is 10.5. The van der Waals surface area contributed by atoms with E-state index in [1.54, 1.807) is 12.1 Å². The maximum absolute atomic E-state index is 14.0. The van der Waals surface area contributed by atoms with Crippen LogP contribution < -0.4 is 4.90 Å². The quantitative estimate of drug-likeness (QED) is 0.756. The Kier molecular flexibility index (Phi) is 4.50. The number of aryl methyl sites for hydroxylation is 1. The Balaban J connectivity index is 1.99. The van der Waals surface area contributed by atoms with E-state index < -0.39 is 20.1 Å². The number of hydrogen-bond donors (Lipinski definition) is 0. The third kappa shape index (κ3) is 2.44. The summed E-state index contributed by atoms with van der Waals surface area (Å²) in [5.74, 6) is 0. The average molecular weight is 395 g/mol. The predicted octanol–water partition coefficient (Wildman–Crippen LogP) is 4.43. The normalized spacial score (nSPS) is 23.8. The zero-order chi connectivity index (χ0) is 20.0. The maximum Gasteiger partial charge on any atom is 0.200 e. The summed E-state index contributed by atoms with van der Waals surface area (Å²) in [6.45, 7) is 1.93. The molecule has 1 spiro atoms. The number of rotatable bonds is 2. The van der Waals surface area contributed by atoms with E-state index >= 15 is 0 Å². The number of nitrogens with zero attached hydrogens (tertiary/aromatic N) is 2. The van der Waals surface area contributed by atoms with E-state index in [4.69, 9.17) is 0 Å². The van der Waals surface area contributed by atoms with E-state index in [0.29, 0.717) is 0 Å². The van der Waals surface area contributed by atoms with Gasteiger partial charge in [-0.15, -0.1) is 0 Å². The fraction of sp³-hybridized carbons (Fsp3) is 0.435. The van der Waals surface area contributed by atoms with Gasteiger partial charge in [-0.3, -0.25) is 0 Å². The minimum absolute atomic E-state index is 0.236. The lowest BCUT2D eigenvalue weighted by Gasteiger charge is -2.57. The Morgan fingerprint density at radius 1 is 1.00 bits per heavy atom. The Hall–Kier alpha value is -2.32. The number of para-hydroxylation sites is 1. The molecule has 1 aliphatic carbocycles.